The van der Waals surface area contributed by atoms with Crippen molar-refractivity contribution in [2.45, 2.75) is 19.4 Å². The Kier molecular flexibility index (Phi) is 4.78. The van der Waals surface area contributed by atoms with Crippen LogP contribution in [0.2, 0.25) is 0 Å². The number of nitrogens with one attached hydrogen (secondary N) is 1. The molecule has 0 saturated carbocycles. The Balaban J connectivity index is 2.02. The monoisotopic (exact) mass is 288 g/mol. The van der Waals surface area contributed by atoms with E-state index in [4.69, 9.17) is 4.52 Å². The van der Waals surface area contributed by atoms with E-state index in [-0.39, 0.29) is 11.7 Å². The molecule has 7 nitrogen and oxygen atoms in total. The van der Waals surface area contributed by atoms with Crippen LogP contribution in [0.3, 0.4) is 0 Å². The van der Waals surface area contributed by atoms with Gasteiger partial charge in [0.05, 0.1) is 4.92 Å². The number of likely N-dealkylation sites (N-methyl/N-ethyl adjacent to an activating group) is 1. The van der Waals surface area contributed by atoms with E-state index in [1.807, 2.05) is 14.0 Å². The number of benzene rings is 1. The maximum absolute atomic E-state index is 10.6. The molecular formula is C14H16N4O3. The lowest BCUT2D eigenvalue weighted by Crippen LogP contribution is -2.24. The summed E-state index contributed by atoms with van der Waals surface area (Å²) in [6.07, 6.45) is 4.13. The lowest BCUT2D eigenvalue weighted by atomic mass is 10.2. The van der Waals surface area contributed by atoms with Crippen molar-refractivity contribution in [2.24, 2.45) is 0 Å². The molecule has 7 heteroatoms. The van der Waals surface area contributed by atoms with Gasteiger partial charge in [0, 0.05) is 30.7 Å². The van der Waals surface area contributed by atoms with Gasteiger partial charge in [-0.15, -0.1) is 0 Å². The van der Waals surface area contributed by atoms with Crippen molar-refractivity contribution in [1.29, 1.82) is 0 Å². The highest BCUT2D eigenvalue weighted by atomic mass is 16.6. The van der Waals surface area contributed by atoms with Crippen LogP contribution in [-0.4, -0.2) is 28.2 Å². The molecule has 1 aromatic carbocycles. The molecule has 21 heavy (non-hydrogen) atoms. The summed E-state index contributed by atoms with van der Waals surface area (Å²) in [4.78, 5) is 14.4. The van der Waals surface area contributed by atoms with Gasteiger partial charge >= 0.3 is 0 Å². The van der Waals surface area contributed by atoms with E-state index >= 15 is 0 Å². The third-order valence-electron chi connectivity index (χ3n) is 2.99. The summed E-state index contributed by atoms with van der Waals surface area (Å²) in [6, 6.07) is 6.50. The Labute approximate surface area is 121 Å². The van der Waals surface area contributed by atoms with Crippen molar-refractivity contribution in [3.8, 4) is 0 Å². The van der Waals surface area contributed by atoms with Crippen LogP contribution in [0.15, 0.2) is 28.8 Å². The van der Waals surface area contributed by atoms with E-state index in [2.05, 4.69) is 15.5 Å². The fraction of sp³-hybridized carbons (Fsp3) is 0.286. The Morgan fingerprint density at radius 2 is 2.10 bits per heavy atom. The second-order valence-electron chi connectivity index (χ2n) is 4.62. The first kappa shape index (κ1) is 14.9. The lowest BCUT2D eigenvalue weighted by molar-refractivity contribution is -0.384. The summed E-state index contributed by atoms with van der Waals surface area (Å²) in [5.41, 5.74) is 0.886. The van der Waals surface area contributed by atoms with Gasteiger partial charge in [-0.1, -0.05) is 5.16 Å². The van der Waals surface area contributed by atoms with Crippen molar-refractivity contribution >= 4 is 17.8 Å². The van der Waals surface area contributed by atoms with Crippen LogP contribution < -0.4 is 5.32 Å². The normalized spacial score (nSPS) is 12.7. The number of nitrogens with zero attached hydrogens (tertiary/aromatic N) is 3. The van der Waals surface area contributed by atoms with Crippen molar-refractivity contribution in [2.75, 3.05) is 7.05 Å². The minimum Gasteiger partial charge on any atom is -0.335 e. The molecule has 1 heterocycles. The first-order valence-electron chi connectivity index (χ1n) is 6.51. The van der Waals surface area contributed by atoms with Crippen molar-refractivity contribution in [3.63, 3.8) is 0 Å². The number of non-ortho nitro benzene ring substituents is 1. The molecule has 2 rings (SSSR count). The average Bonchev–Trinajstić information content (AvgIpc) is 2.93. The number of rotatable bonds is 6. The number of hydrogen-bond donors (Lipinski definition) is 1. The molecule has 1 aromatic heterocycles. The third kappa shape index (κ3) is 4.22. The SMILES string of the molecule is CNC(C)Cc1noc(/C=C/c2ccc([N+](=O)[O-])cc2)n1. The molecule has 2 aromatic rings. The van der Waals surface area contributed by atoms with Crippen LogP contribution in [0.5, 0.6) is 0 Å². The Morgan fingerprint density at radius 3 is 2.71 bits per heavy atom. The van der Waals surface area contributed by atoms with Crippen LogP contribution in [-0.2, 0) is 6.42 Å². The maximum Gasteiger partial charge on any atom is 0.269 e. The molecule has 0 bridgehead atoms. The van der Waals surface area contributed by atoms with Crippen LogP contribution >= 0.6 is 0 Å². The first-order chi connectivity index (χ1) is 10.1. The van der Waals surface area contributed by atoms with Gasteiger partial charge < -0.3 is 9.84 Å². The predicted molar refractivity (Wildman–Crippen MR) is 78.5 cm³/mol. The van der Waals surface area contributed by atoms with Gasteiger partial charge in [0.15, 0.2) is 5.82 Å². The fourth-order valence-corrected chi connectivity index (χ4v) is 1.67. The smallest absolute Gasteiger partial charge is 0.269 e. The molecule has 1 N–H and O–H groups in total. The van der Waals surface area contributed by atoms with Crippen LogP contribution in [0.1, 0.15) is 24.2 Å². The van der Waals surface area contributed by atoms with Gasteiger partial charge in [-0.25, -0.2) is 0 Å². The van der Waals surface area contributed by atoms with Gasteiger partial charge in [0.1, 0.15) is 0 Å². The molecule has 0 radical (unpaired) electrons. The standard InChI is InChI=1S/C14H16N4O3/c1-10(15-2)9-13-16-14(21-17-13)8-5-11-3-6-12(7-4-11)18(19)20/h3-8,10,15H,9H2,1-2H3/b8-5+. The summed E-state index contributed by atoms with van der Waals surface area (Å²) in [5, 5.41) is 17.5. The highest BCUT2D eigenvalue weighted by Crippen LogP contribution is 2.14. The summed E-state index contributed by atoms with van der Waals surface area (Å²) in [6.45, 7) is 2.03. The second kappa shape index (κ2) is 6.76. The van der Waals surface area contributed by atoms with E-state index in [9.17, 15) is 10.1 Å². The summed E-state index contributed by atoms with van der Waals surface area (Å²) in [5.74, 6) is 1.05. The van der Waals surface area contributed by atoms with Gasteiger partial charge in [-0.05, 0) is 37.7 Å². The van der Waals surface area contributed by atoms with Crippen molar-refractivity contribution < 1.29 is 9.45 Å². The second-order valence-corrected chi connectivity index (χ2v) is 4.62. The fourth-order valence-electron chi connectivity index (χ4n) is 1.67. The molecule has 0 saturated heterocycles. The van der Waals surface area contributed by atoms with Gasteiger partial charge in [-0.3, -0.25) is 10.1 Å². The molecule has 0 aliphatic heterocycles. The average molecular weight is 288 g/mol. The third-order valence-corrected chi connectivity index (χ3v) is 2.99. The van der Waals surface area contributed by atoms with E-state index < -0.39 is 4.92 Å². The lowest BCUT2D eigenvalue weighted by Gasteiger charge is -2.04. The zero-order chi connectivity index (χ0) is 15.2. The summed E-state index contributed by atoms with van der Waals surface area (Å²) in [7, 11) is 1.88. The molecule has 0 fully saturated rings. The zero-order valence-electron chi connectivity index (χ0n) is 11.8. The number of nitro groups is 1. The van der Waals surface area contributed by atoms with Crippen LogP contribution in [0.4, 0.5) is 5.69 Å². The Bertz CT molecular complexity index is 634. The molecule has 110 valence electrons. The molecule has 1 unspecified atom stereocenters. The molecule has 0 spiro atoms. The van der Waals surface area contributed by atoms with E-state index in [1.165, 1.54) is 12.1 Å². The zero-order valence-corrected chi connectivity index (χ0v) is 11.8. The number of nitro benzene ring substituents is 1. The van der Waals surface area contributed by atoms with E-state index in [0.717, 1.165) is 5.56 Å². The van der Waals surface area contributed by atoms with E-state index in [1.54, 1.807) is 24.3 Å². The summed E-state index contributed by atoms with van der Waals surface area (Å²) >= 11 is 0. The largest absolute Gasteiger partial charge is 0.335 e. The Hall–Kier alpha value is -2.54. The van der Waals surface area contributed by atoms with Crippen molar-refractivity contribution in [3.05, 3.63) is 51.7 Å². The van der Waals surface area contributed by atoms with E-state index in [0.29, 0.717) is 18.1 Å². The number of aromatic nitrogens is 2. The Morgan fingerprint density at radius 1 is 1.38 bits per heavy atom. The van der Waals surface area contributed by atoms with Gasteiger partial charge in [-0.2, -0.15) is 4.98 Å². The highest BCUT2D eigenvalue weighted by molar-refractivity contribution is 5.66. The van der Waals surface area contributed by atoms with Gasteiger partial charge in [0.2, 0.25) is 0 Å². The minimum absolute atomic E-state index is 0.0632. The minimum atomic E-state index is -0.430. The molecule has 0 amide bonds. The highest BCUT2D eigenvalue weighted by Gasteiger charge is 2.07. The summed E-state index contributed by atoms with van der Waals surface area (Å²) < 4.78 is 5.11. The molecule has 0 aliphatic rings. The van der Waals surface area contributed by atoms with Crippen molar-refractivity contribution in [1.82, 2.24) is 15.5 Å². The maximum atomic E-state index is 10.6. The van der Waals surface area contributed by atoms with Gasteiger partial charge in [0.25, 0.3) is 11.6 Å². The first-order valence-corrected chi connectivity index (χ1v) is 6.51. The molecular weight excluding hydrogens is 272 g/mol. The van der Waals surface area contributed by atoms with Crippen LogP contribution in [0.25, 0.3) is 12.2 Å². The molecule has 0 aliphatic carbocycles. The number of hydrogen-bond acceptors (Lipinski definition) is 6. The van der Waals surface area contributed by atoms with Crippen LogP contribution in [0, 0.1) is 10.1 Å². The molecule has 1 atom stereocenters. The topological polar surface area (TPSA) is 94.1 Å². The quantitative estimate of drug-likeness (QED) is 0.647. The predicted octanol–water partition coefficient (Wildman–Crippen LogP) is 2.30.